The maximum atomic E-state index is 12.2. The van der Waals surface area contributed by atoms with Gasteiger partial charge < -0.3 is 24.7 Å². The quantitative estimate of drug-likeness (QED) is 0.321. The zero-order valence-corrected chi connectivity index (χ0v) is 16.2. The van der Waals surface area contributed by atoms with E-state index in [1.165, 1.54) is 4.57 Å². The lowest BCUT2D eigenvalue weighted by Gasteiger charge is -2.16. The van der Waals surface area contributed by atoms with Gasteiger partial charge in [0.25, 0.3) is 5.56 Å². The van der Waals surface area contributed by atoms with Crippen LogP contribution in [0.5, 0.6) is 0 Å². The highest BCUT2D eigenvalue weighted by molar-refractivity contribution is 7.55. The molecule has 2 aromatic heterocycles. The molecule has 29 heavy (non-hydrogen) atoms. The highest BCUT2D eigenvalue weighted by atomic mass is 31.2. The Labute approximate surface area is 163 Å². The van der Waals surface area contributed by atoms with Crippen molar-refractivity contribution in [3.05, 3.63) is 28.6 Å². The number of aromatic nitrogens is 4. The Hall–Kier alpha value is -2.41. The second kappa shape index (κ2) is 7.78. The molecular weight excluding hydrogens is 409 g/mol. The van der Waals surface area contributed by atoms with Gasteiger partial charge in [-0.1, -0.05) is 13.8 Å². The van der Waals surface area contributed by atoms with Crippen molar-refractivity contribution in [2.24, 2.45) is 5.92 Å². The van der Waals surface area contributed by atoms with Crippen LogP contribution in [0.2, 0.25) is 0 Å². The van der Waals surface area contributed by atoms with E-state index in [1.54, 1.807) is 13.8 Å². The number of carbonyl (C=O) groups excluding carboxylic acids is 1. The summed E-state index contributed by atoms with van der Waals surface area (Å²) in [6.45, 7) is 3.32. The minimum Gasteiger partial charge on any atom is -0.387 e. The number of aliphatic hydroxyl groups is 2. The fraction of sp³-hybridized carbons (Fsp3) is 0.467. The number of hydrogen-bond acceptors (Lipinski definition) is 8. The van der Waals surface area contributed by atoms with Crippen molar-refractivity contribution in [3.8, 4) is 0 Å². The number of anilines is 1. The van der Waals surface area contributed by atoms with E-state index in [1.807, 2.05) is 0 Å². The van der Waals surface area contributed by atoms with Gasteiger partial charge in [-0.05, 0) is 6.08 Å². The summed E-state index contributed by atoms with van der Waals surface area (Å²) in [6, 6.07) is 0. The Balaban J connectivity index is 1.96. The van der Waals surface area contributed by atoms with Crippen molar-refractivity contribution in [3.63, 3.8) is 0 Å². The van der Waals surface area contributed by atoms with Gasteiger partial charge in [0.2, 0.25) is 11.9 Å². The van der Waals surface area contributed by atoms with E-state index in [0.717, 1.165) is 12.4 Å². The van der Waals surface area contributed by atoms with Crippen molar-refractivity contribution in [2.45, 2.75) is 38.4 Å². The van der Waals surface area contributed by atoms with E-state index in [-0.39, 0.29) is 28.9 Å². The van der Waals surface area contributed by atoms with Crippen molar-refractivity contribution in [1.82, 2.24) is 19.5 Å². The first-order valence-electron chi connectivity index (χ1n) is 8.52. The molecule has 1 aliphatic heterocycles. The Morgan fingerprint density at radius 3 is 2.69 bits per heavy atom. The van der Waals surface area contributed by atoms with E-state index < -0.39 is 37.7 Å². The maximum Gasteiger partial charge on any atom is 0.348 e. The first kappa shape index (κ1) is 21.3. The van der Waals surface area contributed by atoms with Gasteiger partial charge in [0.05, 0.1) is 6.33 Å². The number of nitrogens with one attached hydrogen (secondary N) is 2. The van der Waals surface area contributed by atoms with Crippen molar-refractivity contribution < 1.29 is 34.1 Å². The van der Waals surface area contributed by atoms with Crippen LogP contribution in [0.15, 0.2) is 23.0 Å². The molecule has 0 aliphatic carbocycles. The summed E-state index contributed by atoms with van der Waals surface area (Å²) in [6.07, 6.45) is -3.36. The molecule has 1 fully saturated rings. The van der Waals surface area contributed by atoms with Crippen LogP contribution in [0.25, 0.3) is 11.2 Å². The van der Waals surface area contributed by atoms with E-state index in [2.05, 4.69) is 20.3 Å². The summed E-state index contributed by atoms with van der Waals surface area (Å²) in [5.74, 6) is -0.315. The number of fused-ring (bicyclic) bond motifs is 1. The van der Waals surface area contributed by atoms with Crippen molar-refractivity contribution >= 4 is 30.6 Å². The molecule has 3 heterocycles. The minimum atomic E-state index is -4.49. The molecule has 6 N–H and O–H groups in total. The van der Waals surface area contributed by atoms with Gasteiger partial charge in [0.15, 0.2) is 17.4 Å². The summed E-state index contributed by atoms with van der Waals surface area (Å²) in [5.41, 5.74) is -0.755. The number of H-pyrrole nitrogens is 1. The number of carbonyl (C=O) groups is 1. The fourth-order valence-electron chi connectivity index (χ4n) is 2.70. The van der Waals surface area contributed by atoms with Crippen LogP contribution in [0.1, 0.15) is 20.1 Å². The molecule has 1 aliphatic rings. The maximum absolute atomic E-state index is 12.2. The van der Waals surface area contributed by atoms with Gasteiger partial charge in [0.1, 0.15) is 18.3 Å². The highest BCUT2D eigenvalue weighted by Gasteiger charge is 2.43. The monoisotopic (exact) mass is 429 g/mol. The number of aliphatic hydroxyl groups excluding tert-OH is 2. The smallest absolute Gasteiger partial charge is 0.348 e. The van der Waals surface area contributed by atoms with Crippen LogP contribution < -0.4 is 10.9 Å². The average Bonchev–Trinajstić information content (AvgIpc) is 3.15. The Kier molecular flexibility index (Phi) is 5.72. The van der Waals surface area contributed by atoms with Gasteiger partial charge in [-0.2, -0.15) is 4.98 Å². The van der Waals surface area contributed by atoms with Gasteiger partial charge in [0, 0.05) is 11.7 Å². The van der Waals surface area contributed by atoms with Gasteiger partial charge in [-0.15, -0.1) is 0 Å². The molecule has 14 heteroatoms. The molecule has 0 radical (unpaired) electrons. The lowest BCUT2D eigenvalue weighted by Crippen LogP contribution is -2.30. The lowest BCUT2D eigenvalue weighted by molar-refractivity contribution is -0.118. The van der Waals surface area contributed by atoms with Crippen molar-refractivity contribution in [1.29, 1.82) is 0 Å². The first-order chi connectivity index (χ1) is 13.5. The van der Waals surface area contributed by atoms with Gasteiger partial charge in [-0.3, -0.25) is 29.0 Å². The number of hydrogen-bond donors (Lipinski definition) is 6. The lowest BCUT2D eigenvalue weighted by atomic mass is 10.1. The van der Waals surface area contributed by atoms with Crippen LogP contribution in [0.3, 0.4) is 0 Å². The van der Waals surface area contributed by atoms with Gasteiger partial charge in [-0.25, -0.2) is 4.98 Å². The first-order valence-corrected chi connectivity index (χ1v) is 10.2. The largest absolute Gasteiger partial charge is 0.387 e. The number of imidazole rings is 1. The molecule has 0 bridgehead atoms. The predicted octanol–water partition coefficient (Wildman–Crippen LogP) is -0.975. The summed E-state index contributed by atoms with van der Waals surface area (Å²) >= 11 is 0. The third kappa shape index (κ3) is 4.45. The number of aromatic amines is 1. The number of nitrogens with zero attached hydrogens (tertiary/aromatic N) is 3. The van der Waals surface area contributed by atoms with E-state index >= 15 is 0 Å². The predicted molar refractivity (Wildman–Crippen MR) is 98.7 cm³/mol. The molecular formula is C15H20N5O8P. The standard InChI is InChI=1S/C15H20N5O8P/c1-6(2)12(23)18-15-17-11-8(13(24)19-15)16-5-20(11)14-10(22)9(21)7(28-14)3-4-29(25,26)27/h3-7,9-10,14,21-22H,1-2H3,(H2,25,26,27)(H2,17,18,19,23,24)/b4-3+. The van der Waals surface area contributed by atoms with Crippen LogP contribution in [0.4, 0.5) is 5.95 Å². The second-order valence-electron chi connectivity index (χ2n) is 6.79. The molecule has 158 valence electrons. The topological polar surface area (TPSA) is 200 Å². The van der Waals surface area contributed by atoms with Crippen LogP contribution in [-0.4, -0.2) is 63.7 Å². The molecule has 13 nitrogen and oxygen atoms in total. The summed E-state index contributed by atoms with van der Waals surface area (Å²) in [4.78, 5) is 52.4. The average molecular weight is 429 g/mol. The third-order valence-electron chi connectivity index (χ3n) is 4.22. The molecule has 3 rings (SSSR count). The second-order valence-corrected chi connectivity index (χ2v) is 8.26. The molecule has 0 spiro atoms. The van der Waals surface area contributed by atoms with Crippen molar-refractivity contribution in [2.75, 3.05) is 5.32 Å². The Bertz CT molecular complexity index is 1060. The zero-order chi connectivity index (χ0) is 21.5. The highest BCUT2D eigenvalue weighted by Crippen LogP contribution is 2.38. The Morgan fingerprint density at radius 2 is 2.07 bits per heavy atom. The van der Waals surface area contributed by atoms with E-state index in [0.29, 0.717) is 5.82 Å². The summed E-state index contributed by atoms with van der Waals surface area (Å²) < 4.78 is 17.7. The van der Waals surface area contributed by atoms with E-state index in [9.17, 15) is 24.4 Å². The SMILES string of the molecule is CC(C)C(=O)Nc1nc2c(ncn2C2OC(/C=C/P(=O)(O)O)C(O)C2O)c(=O)[nH]1. The van der Waals surface area contributed by atoms with Crippen LogP contribution >= 0.6 is 7.60 Å². The van der Waals surface area contributed by atoms with Crippen LogP contribution in [-0.2, 0) is 14.1 Å². The normalized spacial score (nSPS) is 25.3. The van der Waals surface area contributed by atoms with E-state index in [4.69, 9.17) is 14.5 Å². The van der Waals surface area contributed by atoms with Gasteiger partial charge >= 0.3 is 7.60 Å². The summed E-state index contributed by atoms with van der Waals surface area (Å²) in [7, 11) is -4.49. The molecule has 1 amide bonds. The fourth-order valence-corrected chi connectivity index (χ4v) is 3.10. The molecule has 0 aromatic carbocycles. The molecule has 4 unspecified atom stereocenters. The molecule has 0 saturated carbocycles. The number of ether oxygens (including phenoxy) is 1. The molecule has 2 aromatic rings. The third-order valence-corrected chi connectivity index (χ3v) is 4.78. The minimum absolute atomic E-state index is 0.0244. The Morgan fingerprint density at radius 1 is 1.38 bits per heavy atom. The number of rotatable bonds is 5. The zero-order valence-electron chi connectivity index (χ0n) is 15.3. The summed E-state index contributed by atoms with van der Waals surface area (Å²) in [5, 5.41) is 22.9. The van der Waals surface area contributed by atoms with Crippen LogP contribution in [0, 0.1) is 5.92 Å². The molecule has 4 atom stereocenters. The number of amides is 1. The molecule has 1 saturated heterocycles.